The first-order valence-corrected chi connectivity index (χ1v) is 11.4. The molecule has 0 aliphatic carbocycles. The van der Waals surface area contributed by atoms with E-state index in [0.717, 1.165) is 67.0 Å². The number of hydrogen-bond acceptors (Lipinski definition) is 6. The zero-order valence-corrected chi connectivity index (χ0v) is 19.1. The maximum atomic E-state index is 4.88. The van der Waals surface area contributed by atoms with Crippen molar-refractivity contribution in [2.75, 3.05) is 36.0 Å². The predicted molar refractivity (Wildman–Crippen MR) is 133 cm³/mol. The summed E-state index contributed by atoms with van der Waals surface area (Å²) in [6.07, 6.45) is 2.51. The van der Waals surface area contributed by atoms with Gasteiger partial charge in [-0.25, -0.2) is 19.9 Å². The maximum absolute atomic E-state index is 4.88. The van der Waals surface area contributed by atoms with Crippen LogP contribution in [0, 0.1) is 13.8 Å². The molecule has 0 unspecified atom stereocenters. The highest BCUT2D eigenvalue weighted by molar-refractivity contribution is 5.62. The molecule has 1 fully saturated rings. The Balaban J connectivity index is 1.35. The van der Waals surface area contributed by atoms with Crippen LogP contribution in [-0.4, -0.2) is 46.1 Å². The van der Waals surface area contributed by atoms with Gasteiger partial charge in [-0.05, 0) is 19.4 Å². The number of rotatable bonds is 5. The molecule has 0 spiro atoms. The topological polar surface area (TPSA) is 58.0 Å². The number of aromatic nitrogens is 4. The van der Waals surface area contributed by atoms with Crippen molar-refractivity contribution < 1.29 is 0 Å². The molecule has 0 amide bonds. The van der Waals surface area contributed by atoms with Gasteiger partial charge in [0.1, 0.15) is 23.8 Å². The van der Waals surface area contributed by atoms with Crippen molar-refractivity contribution in [3.63, 3.8) is 0 Å². The minimum absolute atomic E-state index is 0.824. The number of hydrogen-bond donors (Lipinski definition) is 0. The lowest BCUT2D eigenvalue weighted by atomic mass is 10.0. The van der Waals surface area contributed by atoms with Crippen LogP contribution in [0.25, 0.3) is 11.3 Å². The Kier molecular flexibility index (Phi) is 5.98. The molecule has 0 N–H and O–H groups in total. The van der Waals surface area contributed by atoms with E-state index in [2.05, 4.69) is 80.2 Å². The van der Waals surface area contributed by atoms with E-state index in [1.165, 1.54) is 11.1 Å². The molecule has 4 aromatic rings. The Morgan fingerprint density at radius 2 is 1.42 bits per heavy atom. The second kappa shape index (κ2) is 9.36. The molecule has 0 bridgehead atoms. The standard InChI is InChI=1S/C27H28N6/c1-20-24(17-22-9-5-3-6-10-22)27(31-21(2)30-20)33-15-13-32(14-16-33)26-18-25(28-19-29-26)23-11-7-4-8-12-23/h3-12,18-19H,13-17H2,1-2H3. The van der Waals surface area contributed by atoms with Gasteiger partial charge in [0.15, 0.2) is 0 Å². The first-order chi connectivity index (χ1) is 16.2. The first-order valence-electron chi connectivity index (χ1n) is 11.4. The number of aryl methyl sites for hydroxylation is 2. The normalized spacial score (nSPS) is 13.9. The van der Waals surface area contributed by atoms with Gasteiger partial charge in [0.2, 0.25) is 0 Å². The van der Waals surface area contributed by atoms with Gasteiger partial charge in [-0.1, -0.05) is 60.7 Å². The van der Waals surface area contributed by atoms with Crippen molar-refractivity contribution in [2.45, 2.75) is 20.3 Å². The lowest BCUT2D eigenvalue weighted by Crippen LogP contribution is -2.47. The van der Waals surface area contributed by atoms with Crippen molar-refractivity contribution in [2.24, 2.45) is 0 Å². The van der Waals surface area contributed by atoms with E-state index in [0.29, 0.717) is 0 Å². The summed E-state index contributed by atoms with van der Waals surface area (Å²) in [5, 5.41) is 0. The summed E-state index contributed by atoms with van der Waals surface area (Å²) < 4.78 is 0. The summed E-state index contributed by atoms with van der Waals surface area (Å²) in [6.45, 7) is 7.63. The van der Waals surface area contributed by atoms with Crippen LogP contribution in [0.3, 0.4) is 0 Å². The zero-order chi connectivity index (χ0) is 22.6. The molecule has 1 saturated heterocycles. The Bertz CT molecular complexity index is 1220. The molecule has 5 rings (SSSR count). The van der Waals surface area contributed by atoms with Gasteiger partial charge in [-0.2, -0.15) is 0 Å². The quantitative estimate of drug-likeness (QED) is 0.460. The van der Waals surface area contributed by atoms with Gasteiger partial charge in [0, 0.05) is 55.5 Å². The molecule has 166 valence electrons. The van der Waals surface area contributed by atoms with E-state index < -0.39 is 0 Å². The fraction of sp³-hybridized carbons (Fsp3) is 0.259. The van der Waals surface area contributed by atoms with Crippen molar-refractivity contribution in [1.82, 2.24) is 19.9 Å². The molecule has 1 aliphatic rings. The Hall–Kier alpha value is -3.80. The lowest BCUT2D eigenvalue weighted by molar-refractivity contribution is 0.636. The lowest BCUT2D eigenvalue weighted by Gasteiger charge is -2.37. The molecular formula is C27H28N6. The van der Waals surface area contributed by atoms with Crippen molar-refractivity contribution in [3.05, 3.63) is 95.7 Å². The highest BCUT2D eigenvalue weighted by Crippen LogP contribution is 2.27. The van der Waals surface area contributed by atoms with Gasteiger partial charge in [0.25, 0.3) is 0 Å². The summed E-state index contributed by atoms with van der Waals surface area (Å²) >= 11 is 0. The molecule has 0 radical (unpaired) electrons. The van der Waals surface area contributed by atoms with Crippen LogP contribution in [0.15, 0.2) is 73.1 Å². The smallest absolute Gasteiger partial charge is 0.136 e. The van der Waals surface area contributed by atoms with Crippen LogP contribution in [0.2, 0.25) is 0 Å². The Morgan fingerprint density at radius 3 is 2.15 bits per heavy atom. The summed E-state index contributed by atoms with van der Waals surface area (Å²) in [7, 11) is 0. The van der Waals surface area contributed by atoms with Crippen LogP contribution in [0.5, 0.6) is 0 Å². The van der Waals surface area contributed by atoms with Crippen molar-refractivity contribution in [1.29, 1.82) is 0 Å². The van der Waals surface area contributed by atoms with Gasteiger partial charge in [-0.15, -0.1) is 0 Å². The summed E-state index contributed by atoms with van der Waals surface area (Å²) in [5.41, 5.74) is 5.62. The van der Waals surface area contributed by atoms with Gasteiger partial charge in [-0.3, -0.25) is 0 Å². The monoisotopic (exact) mass is 436 g/mol. The average Bonchev–Trinajstić information content (AvgIpc) is 2.87. The van der Waals surface area contributed by atoms with Crippen LogP contribution in [-0.2, 0) is 6.42 Å². The molecule has 0 saturated carbocycles. The average molecular weight is 437 g/mol. The van der Waals surface area contributed by atoms with Crippen LogP contribution in [0.1, 0.15) is 22.6 Å². The Morgan fingerprint density at radius 1 is 0.758 bits per heavy atom. The zero-order valence-electron chi connectivity index (χ0n) is 19.1. The molecule has 6 heteroatoms. The number of benzene rings is 2. The third-order valence-corrected chi connectivity index (χ3v) is 6.15. The van der Waals surface area contributed by atoms with E-state index in [1.54, 1.807) is 6.33 Å². The predicted octanol–water partition coefficient (Wildman–Crippen LogP) is 4.47. The van der Waals surface area contributed by atoms with Crippen molar-refractivity contribution in [3.8, 4) is 11.3 Å². The number of piperazine rings is 1. The molecule has 2 aromatic carbocycles. The second-order valence-corrected chi connectivity index (χ2v) is 8.42. The van der Waals surface area contributed by atoms with Gasteiger partial charge >= 0.3 is 0 Å². The molecule has 2 aromatic heterocycles. The Labute approximate surface area is 195 Å². The largest absolute Gasteiger partial charge is 0.353 e. The van der Waals surface area contributed by atoms with Gasteiger partial charge in [0.05, 0.1) is 5.69 Å². The fourth-order valence-electron chi connectivity index (χ4n) is 4.42. The molecule has 3 heterocycles. The van der Waals surface area contributed by atoms with Crippen LogP contribution >= 0.6 is 0 Å². The van der Waals surface area contributed by atoms with E-state index >= 15 is 0 Å². The minimum atomic E-state index is 0.824. The highest BCUT2D eigenvalue weighted by Gasteiger charge is 2.23. The molecule has 1 aliphatic heterocycles. The summed E-state index contributed by atoms with van der Waals surface area (Å²) in [6, 6.07) is 22.9. The van der Waals surface area contributed by atoms with E-state index in [9.17, 15) is 0 Å². The molecular weight excluding hydrogens is 408 g/mol. The summed E-state index contributed by atoms with van der Waals surface area (Å²) in [4.78, 5) is 23.3. The number of nitrogens with zero attached hydrogens (tertiary/aromatic N) is 6. The molecule has 6 nitrogen and oxygen atoms in total. The maximum Gasteiger partial charge on any atom is 0.136 e. The van der Waals surface area contributed by atoms with E-state index in [1.807, 2.05) is 25.1 Å². The number of anilines is 2. The van der Waals surface area contributed by atoms with E-state index in [-0.39, 0.29) is 0 Å². The second-order valence-electron chi connectivity index (χ2n) is 8.42. The van der Waals surface area contributed by atoms with E-state index in [4.69, 9.17) is 4.98 Å². The molecule has 0 atom stereocenters. The fourth-order valence-corrected chi connectivity index (χ4v) is 4.42. The third-order valence-electron chi connectivity index (χ3n) is 6.15. The molecule has 33 heavy (non-hydrogen) atoms. The first kappa shape index (κ1) is 21.1. The van der Waals surface area contributed by atoms with Gasteiger partial charge < -0.3 is 9.80 Å². The third kappa shape index (κ3) is 4.70. The highest BCUT2D eigenvalue weighted by atomic mass is 15.3. The van der Waals surface area contributed by atoms with Crippen molar-refractivity contribution >= 4 is 11.6 Å². The summed E-state index contributed by atoms with van der Waals surface area (Å²) in [5.74, 6) is 2.87. The van der Waals surface area contributed by atoms with Crippen LogP contribution < -0.4 is 9.80 Å². The van der Waals surface area contributed by atoms with Crippen LogP contribution in [0.4, 0.5) is 11.6 Å². The minimum Gasteiger partial charge on any atom is -0.353 e. The SMILES string of the molecule is Cc1nc(C)c(Cc2ccccc2)c(N2CCN(c3cc(-c4ccccc4)ncn3)CC2)n1.